The Morgan fingerprint density at radius 1 is 0.360 bits per heavy atom. The average Bonchev–Trinajstić information content (AvgIpc) is 2.63. The van der Waals surface area contributed by atoms with E-state index in [2.05, 4.69) is 151 Å². The zero-order valence-corrected chi connectivity index (χ0v) is 53.2. The van der Waals surface area contributed by atoms with Crippen molar-refractivity contribution in [1.29, 1.82) is 0 Å². The van der Waals surface area contributed by atoms with Gasteiger partial charge in [-0.3, -0.25) is 0 Å². The molecule has 5 aliphatic rings. The first-order valence-corrected chi connectivity index (χ1v) is 31.7. The van der Waals surface area contributed by atoms with Gasteiger partial charge in [-0.2, -0.15) is 0 Å². The summed E-state index contributed by atoms with van der Waals surface area (Å²) in [4.78, 5) is 0. The Kier molecular flexibility index (Phi) is 19.1. The third-order valence-corrected chi connectivity index (χ3v) is 21.0. The predicted molar refractivity (Wildman–Crippen MR) is 357 cm³/mol. The summed E-state index contributed by atoms with van der Waals surface area (Å²) in [7, 11) is 0. The molecule has 86 heavy (non-hydrogen) atoms. The lowest BCUT2D eigenvalue weighted by Crippen LogP contribution is -2.20. The van der Waals surface area contributed by atoms with Crippen molar-refractivity contribution in [2.75, 3.05) is 0 Å². The van der Waals surface area contributed by atoms with Crippen LogP contribution in [0.15, 0.2) is 146 Å². The van der Waals surface area contributed by atoms with E-state index < -0.39 is 0 Å². The molecule has 0 bridgehead atoms. The molecule has 7 heteroatoms. The molecule has 0 fully saturated rings. The van der Waals surface area contributed by atoms with Crippen LogP contribution in [0, 0.1) is 29.6 Å². The summed E-state index contributed by atoms with van der Waals surface area (Å²) in [6.45, 7) is 29.4. The van der Waals surface area contributed by atoms with Crippen LogP contribution in [0.4, 0.5) is 0 Å². The molecule has 0 saturated carbocycles. The van der Waals surface area contributed by atoms with Gasteiger partial charge in [-0.25, -0.2) is 0 Å². The lowest BCUT2D eigenvalue weighted by molar-refractivity contribution is 0.359. The largest absolute Gasteiger partial charge is 0.508 e. The summed E-state index contributed by atoms with van der Waals surface area (Å²) in [6, 6.07) is 47.1. The molecule has 0 spiro atoms. The molecule has 14 rings (SSSR count). The number of aryl methyl sites for hydroxylation is 1. The molecule has 0 aromatic heterocycles. The second-order valence-corrected chi connectivity index (χ2v) is 27.0. The molecular weight excluding hydrogens is 1060 g/mol. The fourth-order valence-electron chi connectivity index (χ4n) is 13.8. The Morgan fingerprint density at radius 3 is 1.49 bits per heavy atom. The minimum absolute atomic E-state index is 0.0770. The van der Waals surface area contributed by atoms with Crippen molar-refractivity contribution in [1.82, 2.24) is 0 Å². The van der Waals surface area contributed by atoms with Gasteiger partial charge in [-0.15, -0.1) is 0 Å². The molecule has 10 unspecified atom stereocenters. The molecule has 7 nitrogen and oxygen atoms in total. The summed E-state index contributed by atoms with van der Waals surface area (Å²) in [5.41, 5.74) is 15.0. The Hall–Kier alpha value is -7.64. The maximum absolute atomic E-state index is 9.82. The summed E-state index contributed by atoms with van der Waals surface area (Å²) in [5.74, 6) is 8.64. The average molecular weight is 1160 g/mol. The Balaban J connectivity index is 0.000000125. The van der Waals surface area contributed by atoms with Gasteiger partial charge < -0.3 is 35.7 Å². The van der Waals surface area contributed by atoms with E-state index in [0.717, 1.165) is 94.7 Å². The highest BCUT2D eigenvalue weighted by molar-refractivity contribution is 6.00. The highest BCUT2D eigenvalue weighted by Gasteiger charge is 2.30. The number of fused-ring (bicyclic) bond motifs is 6. The Labute approximate surface area is 512 Å². The highest BCUT2D eigenvalue weighted by atomic mass is 16.3. The minimum Gasteiger partial charge on any atom is -0.508 e. The van der Waals surface area contributed by atoms with Crippen LogP contribution >= 0.6 is 0 Å². The number of phenols is 7. The first-order valence-electron chi connectivity index (χ1n) is 31.7. The van der Waals surface area contributed by atoms with Gasteiger partial charge in [0.2, 0.25) is 0 Å². The minimum atomic E-state index is -0.0782. The van der Waals surface area contributed by atoms with Gasteiger partial charge in [0, 0.05) is 5.39 Å². The first kappa shape index (κ1) is 62.9. The predicted octanol–water partition coefficient (Wildman–Crippen LogP) is 20.1. The van der Waals surface area contributed by atoms with Crippen molar-refractivity contribution >= 4 is 32.3 Å². The van der Waals surface area contributed by atoms with E-state index in [9.17, 15) is 35.7 Å². The quantitative estimate of drug-likeness (QED) is 0.0675. The van der Waals surface area contributed by atoms with Crippen LogP contribution in [0.25, 0.3) is 32.3 Å². The summed E-state index contributed by atoms with van der Waals surface area (Å²) in [5, 5.41) is 73.1. The second-order valence-electron chi connectivity index (χ2n) is 27.0. The van der Waals surface area contributed by atoms with E-state index in [0.29, 0.717) is 64.3 Å². The van der Waals surface area contributed by atoms with Crippen LogP contribution in [0.5, 0.6) is 40.2 Å². The van der Waals surface area contributed by atoms with Crippen molar-refractivity contribution < 1.29 is 35.7 Å². The topological polar surface area (TPSA) is 142 Å². The number of rotatable bonds is 2. The number of aromatic hydroxyl groups is 7. The molecule has 5 aliphatic carbocycles. The smallest absolute Gasteiger partial charge is 0.158 e. The van der Waals surface area contributed by atoms with E-state index >= 15 is 0 Å². The van der Waals surface area contributed by atoms with Crippen LogP contribution in [-0.4, -0.2) is 35.7 Å². The van der Waals surface area contributed by atoms with E-state index in [4.69, 9.17) is 0 Å². The van der Waals surface area contributed by atoms with Crippen molar-refractivity contribution in [3.8, 4) is 40.2 Å². The molecule has 0 radical (unpaired) electrons. The molecule has 452 valence electrons. The number of hydrogen-bond donors (Lipinski definition) is 7. The standard InChI is InChI=1S/C19H20O2.C14H14O.2C12H16O.2C11H14O/c1-4-19(2,3)16-6-5-12-7-14-10-17(20)18(21)11-15(14)8-13(12)9-16;1-8-9(2)11-6-7-13(15)12-5-3-4-10(8)14(11)12;1-8-5-10-3-4-12(13)7-11(10)6-9(8)2;1-8-3-4-10-7-11(13)5-6-12(10)9(8)2;1-7-5-9-6-10(12)3-4-11(9)8(7)2;1-7-6-10-9(8(7)2)4-3-5-11(10)12/h5-11,20-21H,4H2,1-3H3;3-9,15H,1-2H3;3-4,7-9,13H,5-6H2,1-2H3;5-9,13H,3-4H2,1-2H3;3-4,6-8,12H,5H2,1-2H3;3-5,7-8,12H,6H2,1-2H3. The maximum atomic E-state index is 9.82. The van der Waals surface area contributed by atoms with Crippen LogP contribution < -0.4 is 0 Å². The molecule has 9 aromatic rings. The van der Waals surface area contributed by atoms with Gasteiger partial charge in [-0.1, -0.05) is 163 Å². The van der Waals surface area contributed by atoms with Crippen molar-refractivity contribution in [3.63, 3.8) is 0 Å². The van der Waals surface area contributed by atoms with E-state index in [-0.39, 0.29) is 16.9 Å². The van der Waals surface area contributed by atoms with E-state index in [1.807, 2.05) is 48.5 Å². The molecule has 9 aromatic carbocycles. The summed E-state index contributed by atoms with van der Waals surface area (Å²) in [6.07, 6.45) is 7.88. The van der Waals surface area contributed by atoms with Crippen LogP contribution in [0.2, 0.25) is 0 Å². The molecule has 0 aliphatic heterocycles. The van der Waals surface area contributed by atoms with Gasteiger partial charge in [0.05, 0.1) is 0 Å². The van der Waals surface area contributed by atoms with Gasteiger partial charge >= 0.3 is 0 Å². The maximum Gasteiger partial charge on any atom is 0.158 e. The van der Waals surface area contributed by atoms with Crippen molar-refractivity contribution in [2.45, 2.75) is 170 Å². The lowest BCUT2D eigenvalue weighted by Gasteiger charge is -2.28. The fourth-order valence-corrected chi connectivity index (χ4v) is 13.8. The lowest BCUT2D eigenvalue weighted by atomic mass is 9.77. The van der Waals surface area contributed by atoms with Gasteiger partial charge in [0.1, 0.15) is 28.7 Å². The molecule has 0 amide bonds. The second kappa shape index (κ2) is 26.1. The molecule has 0 saturated heterocycles. The highest BCUT2D eigenvalue weighted by Crippen LogP contribution is 2.48. The molecule has 7 N–H and O–H groups in total. The van der Waals surface area contributed by atoms with E-state index in [1.165, 1.54) is 67.4 Å². The number of phenolic OH excluding ortho intramolecular Hbond substituents is 7. The summed E-state index contributed by atoms with van der Waals surface area (Å²) >= 11 is 0. The SMILES string of the molecule is CC1CCc2cc(O)ccc2C1C.CC1Cc2c(O)cccc2C1C.CC1Cc2cc(O)ccc2C1C.CC1Cc2ccc(O)cc2CC1C.CC1c2cccc3c(O)ccc(c23)C1C.CCC(C)(C)c1ccc2cc3cc(O)c(O)cc3cc2c1. The van der Waals surface area contributed by atoms with Gasteiger partial charge in [-0.05, 0) is 270 Å². The Bertz CT molecular complexity index is 3860. The van der Waals surface area contributed by atoms with Crippen LogP contribution in [0.1, 0.15) is 194 Å². The fraction of sp³-hybridized carbons (Fsp3) is 0.392. The third-order valence-electron chi connectivity index (χ3n) is 21.0. The monoisotopic (exact) mass is 1150 g/mol. The molecule has 0 heterocycles. The first-order chi connectivity index (χ1) is 40.8. The molecule has 10 atom stereocenters. The normalized spacial score (nSPS) is 22.8. The Morgan fingerprint density at radius 2 is 0.849 bits per heavy atom. The summed E-state index contributed by atoms with van der Waals surface area (Å²) < 4.78 is 0. The molecular formula is C79H94O7. The van der Waals surface area contributed by atoms with Gasteiger partial charge in [0.15, 0.2) is 11.5 Å². The zero-order valence-electron chi connectivity index (χ0n) is 53.2. The zero-order chi connectivity index (χ0) is 62.1. The number of hydrogen-bond acceptors (Lipinski definition) is 7. The van der Waals surface area contributed by atoms with Crippen molar-refractivity contribution in [3.05, 3.63) is 207 Å². The van der Waals surface area contributed by atoms with Crippen molar-refractivity contribution in [2.24, 2.45) is 29.6 Å². The van der Waals surface area contributed by atoms with Gasteiger partial charge in [0.25, 0.3) is 0 Å². The van der Waals surface area contributed by atoms with E-state index in [1.54, 1.807) is 36.4 Å². The third kappa shape index (κ3) is 13.5. The van der Waals surface area contributed by atoms with Crippen LogP contribution in [-0.2, 0) is 37.5 Å². The number of benzene rings is 9. The van der Waals surface area contributed by atoms with Crippen LogP contribution in [0.3, 0.4) is 0 Å².